The van der Waals surface area contributed by atoms with Crippen molar-refractivity contribution in [3.05, 3.63) is 28.8 Å². The van der Waals surface area contributed by atoms with Crippen LogP contribution in [0.3, 0.4) is 0 Å². The molecule has 1 aromatic carbocycles. The largest absolute Gasteiger partial charge is 0.508 e. The molecule has 3 N–H and O–H groups in total. The van der Waals surface area contributed by atoms with Crippen LogP contribution in [0.15, 0.2) is 18.2 Å². The highest BCUT2D eigenvalue weighted by Crippen LogP contribution is 2.22. The van der Waals surface area contributed by atoms with Crippen molar-refractivity contribution in [2.75, 3.05) is 7.11 Å². The number of nitrogens with two attached hydrogens (primary N) is 1. The number of benzene rings is 1. The fourth-order valence-corrected chi connectivity index (χ4v) is 1.38. The molecule has 1 rings (SSSR count). The van der Waals surface area contributed by atoms with E-state index in [2.05, 4.69) is 4.74 Å². The summed E-state index contributed by atoms with van der Waals surface area (Å²) in [4.78, 5) is 11.1. The van der Waals surface area contributed by atoms with E-state index >= 15 is 0 Å². The van der Waals surface area contributed by atoms with Gasteiger partial charge in [0.05, 0.1) is 7.11 Å². The van der Waals surface area contributed by atoms with Crippen molar-refractivity contribution in [2.45, 2.75) is 12.5 Å². The first-order valence-electron chi connectivity index (χ1n) is 4.35. The van der Waals surface area contributed by atoms with Crippen molar-refractivity contribution in [2.24, 2.45) is 5.73 Å². The van der Waals surface area contributed by atoms with Gasteiger partial charge in [-0.1, -0.05) is 11.6 Å². The molecule has 4 nitrogen and oxygen atoms in total. The van der Waals surface area contributed by atoms with Crippen LogP contribution in [0, 0.1) is 0 Å². The van der Waals surface area contributed by atoms with E-state index in [9.17, 15) is 9.90 Å². The number of esters is 1. The second-order valence-electron chi connectivity index (χ2n) is 3.11. The molecule has 0 fully saturated rings. The van der Waals surface area contributed by atoms with Crippen LogP contribution in [0.25, 0.3) is 0 Å². The van der Waals surface area contributed by atoms with E-state index in [1.165, 1.54) is 13.2 Å². The lowest BCUT2D eigenvalue weighted by Gasteiger charge is -2.10. The Kier molecular flexibility index (Phi) is 3.94. The average Bonchev–Trinajstić information content (AvgIpc) is 2.22. The number of phenolic OH excluding ortho intramolecular Hbond substituents is 1. The molecule has 0 unspecified atom stereocenters. The minimum atomic E-state index is -0.792. The molecule has 0 saturated carbocycles. The predicted molar refractivity (Wildman–Crippen MR) is 56.8 cm³/mol. The molecule has 82 valence electrons. The van der Waals surface area contributed by atoms with E-state index in [0.29, 0.717) is 10.6 Å². The summed E-state index contributed by atoms with van der Waals surface area (Å²) in [6.07, 6.45) is 0.194. The number of carbonyl (C=O) groups excluding carboxylic acids is 1. The zero-order valence-electron chi connectivity index (χ0n) is 8.24. The summed E-state index contributed by atoms with van der Waals surface area (Å²) < 4.78 is 4.48. The van der Waals surface area contributed by atoms with Gasteiger partial charge < -0.3 is 15.6 Å². The van der Waals surface area contributed by atoms with Crippen LogP contribution in [0.5, 0.6) is 5.75 Å². The molecule has 5 heteroatoms. The lowest BCUT2D eigenvalue weighted by molar-refractivity contribution is -0.142. The summed E-state index contributed by atoms with van der Waals surface area (Å²) >= 11 is 5.75. The van der Waals surface area contributed by atoms with Crippen LogP contribution >= 0.6 is 11.6 Å². The first kappa shape index (κ1) is 11.8. The van der Waals surface area contributed by atoms with Crippen LogP contribution in [0.2, 0.25) is 5.02 Å². The Bertz CT molecular complexity index is 368. The molecule has 0 amide bonds. The van der Waals surface area contributed by atoms with Crippen LogP contribution in [-0.4, -0.2) is 24.2 Å². The van der Waals surface area contributed by atoms with E-state index in [-0.39, 0.29) is 12.2 Å². The third-order valence-electron chi connectivity index (χ3n) is 1.99. The molecule has 0 bridgehead atoms. The Labute approximate surface area is 92.6 Å². The number of ether oxygens (including phenoxy) is 1. The summed E-state index contributed by atoms with van der Waals surface area (Å²) in [6.45, 7) is 0. The maximum Gasteiger partial charge on any atom is 0.322 e. The number of rotatable bonds is 3. The molecular weight excluding hydrogens is 218 g/mol. The van der Waals surface area contributed by atoms with Crippen molar-refractivity contribution in [1.82, 2.24) is 0 Å². The highest BCUT2D eigenvalue weighted by molar-refractivity contribution is 6.30. The van der Waals surface area contributed by atoms with Gasteiger partial charge in [-0.25, -0.2) is 0 Å². The normalized spacial score (nSPS) is 12.2. The molecule has 0 aliphatic rings. The third-order valence-corrected chi connectivity index (χ3v) is 2.22. The predicted octanol–water partition coefficient (Wildman–Crippen LogP) is 1.09. The molecule has 0 aliphatic heterocycles. The van der Waals surface area contributed by atoms with E-state index in [0.717, 1.165) is 0 Å². The van der Waals surface area contributed by atoms with Gasteiger partial charge in [0.25, 0.3) is 0 Å². The number of halogens is 1. The molecule has 1 atom stereocenters. The van der Waals surface area contributed by atoms with Gasteiger partial charge >= 0.3 is 5.97 Å². The van der Waals surface area contributed by atoms with Crippen molar-refractivity contribution < 1.29 is 14.6 Å². The third kappa shape index (κ3) is 3.11. The first-order chi connectivity index (χ1) is 7.04. The highest BCUT2D eigenvalue weighted by atomic mass is 35.5. The highest BCUT2D eigenvalue weighted by Gasteiger charge is 2.16. The number of methoxy groups -OCH3 is 1. The summed E-state index contributed by atoms with van der Waals surface area (Å²) in [5.41, 5.74) is 6.08. The number of hydrogen-bond donors (Lipinski definition) is 2. The molecule has 0 aliphatic carbocycles. The molecule has 15 heavy (non-hydrogen) atoms. The second-order valence-corrected chi connectivity index (χ2v) is 3.54. The Hall–Kier alpha value is -1.26. The van der Waals surface area contributed by atoms with E-state index < -0.39 is 12.0 Å². The Balaban J connectivity index is 2.80. The van der Waals surface area contributed by atoms with Gasteiger partial charge in [0.1, 0.15) is 11.8 Å². The number of carbonyl (C=O) groups is 1. The Morgan fingerprint density at radius 1 is 1.67 bits per heavy atom. The van der Waals surface area contributed by atoms with Gasteiger partial charge in [-0.3, -0.25) is 4.79 Å². The standard InChI is InChI=1S/C10H12ClNO3/c1-15-10(14)8(12)5-6-4-7(11)2-3-9(6)13/h2-4,8,13H,5,12H2,1H3/t8-/m0/s1. The number of hydrogen-bond acceptors (Lipinski definition) is 4. The van der Waals surface area contributed by atoms with E-state index in [1.807, 2.05) is 0 Å². The molecule has 0 aromatic heterocycles. The van der Waals surface area contributed by atoms with Crippen molar-refractivity contribution in [3.8, 4) is 5.75 Å². The van der Waals surface area contributed by atoms with Gasteiger partial charge in [0, 0.05) is 11.4 Å². The molecule has 0 spiro atoms. The van der Waals surface area contributed by atoms with Gasteiger partial charge in [-0.2, -0.15) is 0 Å². The molecule has 0 radical (unpaired) electrons. The Morgan fingerprint density at radius 3 is 2.93 bits per heavy atom. The zero-order chi connectivity index (χ0) is 11.4. The minimum Gasteiger partial charge on any atom is -0.508 e. The summed E-state index contributed by atoms with van der Waals surface area (Å²) in [5, 5.41) is 9.96. The van der Waals surface area contributed by atoms with Crippen molar-refractivity contribution in [1.29, 1.82) is 0 Å². The average molecular weight is 230 g/mol. The number of phenols is 1. The Morgan fingerprint density at radius 2 is 2.33 bits per heavy atom. The van der Waals surface area contributed by atoms with E-state index in [4.69, 9.17) is 17.3 Å². The number of aromatic hydroxyl groups is 1. The molecule has 0 heterocycles. The lowest BCUT2D eigenvalue weighted by Crippen LogP contribution is -2.33. The molecule has 1 aromatic rings. The lowest BCUT2D eigenvalue weighted by atomic mass is 10.1. The fraction of sp³-hybridized carbons (Fsp3) is 0.300. The van der Waals surface area contributed by atoms with Gasteiger partial charge in [0.2, 0.25) is 0 Å². The molecule has 0 saturated heterocycles. The quantitative estimate of drug-likeness (QED) is 0.761. The van der Waals surface area contributed by atoms with Crippen molar-refractivity contribution >= 4 is 17.6 Å². The molecular formula is C10H12ClNO3. The van der Waals surface area contributed by atoms with E-state index in [1.54, 1.807) is 12.1 Å². The smallest absolute Gasteiger partial charge is 0.322 e. The van der Waals surface area contributed by atoms with Crippen LogP contribution in [0.4, 0.5) is 0 Å². The SMILES string of the molecule is COC(=O)[C@@H](N)Cc1cc(Cl)ccc1O. The minimum absolute atomic E-state index is 0.0683. The monoisotopic (exact) mass is 229 g/mol. The topological polar surface area (TPSA) is 72.5 Å². The fourth-order valence-electron chi connectivity index (χ4n) is 1.19. The first-order valence-corrected chi connectivity index (χ1v) is 4.73. The summed E-state index contributed by atoms with van der Waals surface area (Å²) in [6, 6.07) is 3.80. The maximum atomic E-state index is 11.1. The summed E-state index contributed by atoms with van der Waals surface area (Å²) in [7, 11) is 1.26. The van der Waals surface area contributed by atoms with Crippen LogP contribution in [0.1, 0.15) is 5.56 Å². The summed E-state index contributed by atoms with van der Waals surface area (Å²) in [5.74, 6) is -0.451. The van der Waals surface area contributed by atoms with Crippen LogP contribution in [-0.2, 0) is 16.0 Å². The van der Waals surface area contributed by atoms with Gasteiger partial charge in [0.15, 0.2) is 0 Å². The van der Waals surface area contributed by atoms with Gasteiger partial charge in [-0.15, -0.1) is 0 Å². The maximum absolute atomic E-state index is 11.1. The van der Waals surface area contributed by atoms with Gasteiger partial charge in [-0.05, 0) is 23.8 Å². The van der Waals surface area contributed by atoms with Crippen molar-refractivity contribution in [3.63, 3.8) is 0 Å². The van der Waals surface area contributed by atoms with Crippen LogP contribution < -0.4 is 5.73 Å². The zero-order valence-corrected chi connectivity index (χ0v) is 8.99. The second kappa shape index (κ2) is 5.00.